The molecule has 3 rings (SSSR count). The zero-order valence-corrected chi connectivity index (χ0v) is 14.6. The Bertz CT molecular complexity index is 691. The topological polar surface area (TPSA) is 60.5 Å². The molecule has 2 aromatic rings. The van der Waals surface area contributed by atoms with Gasteiger partial charge in [-0.25, -0.2) is 9.78 Å². The van der Waals surface area contributed by atoms with E-state index < -0.39 is 5.97 Å². The first-order valence-corrected chi connectivity index (χ1v) is 8.46. The number of rotatable bonds is 5. The van der Waals surface area contributed by atoms with Crippen molar-refractivity contribution in [2.45, 2.75) is 32.2 Å². The fraction of sp³-hybridized carbons (Fsp3) is 0.556. The van der Waals surface area contributed by atoms with Gasteiger partial charge in [0, 0.05) is 32.4 Å². The predicted molar refractivity (Wildman–Crippen MR) is 89.7 cm³/mol. The molecule has 6 heteroatoms. The fourth-order valence-electron chi connectivity index (χ4n) is 3.43. The summed E-state index contributed by atoms with van der Waals surface area (Å²) in [5.74, 6) is 2.38. The highest BCUT2D eigenvalue weighted by molar-refractivity contribution is 5.86. The van der Waals surface area contributed by atoms with Crippen LogP contribution in [-0.2, 0) is 18.2 Å². The second-order valence-corrected chi connectivity index (χ2v) is 6.53. The number of carbonyl (C=O) groups is 1. The lowest BCUT2D eigenvalue weighted by Crippen LogP contribution is -2.38. The molecule has 1 aliphatic heterocycles. The van der Waals surface area contributed by atoms with Gasteiger partial charge in [-0.3, -0.25) is 4.90 Å². The van der Waals surface area contributed by atoms with E-state index in [2.05, 4.69) is 21.4 Å². The van der Waals surface area contributed by atoms with E-state index in [0.29, 0.717) is 5.92 Å². The number of ether oxygens (including phenoxy) is 1. The highest BCUT2D eigenvalue weighted by Gasteiger charge is 2.27. The van der Waals surface area contributed by atoms with Gasteiger partial charge < -0.3 is 13.7 Å². The standard InChI is InChI=1S/C18H25N3O3/c1-13(15-6-7-16(24-15)18(22)23-3)21-9-4-5-14(12-21)11-17-19-8-10-20(17)2/h6-8,10,13-14H,4-5,9,11-12H2,1-3H3/t13-,14+/m0/s1. The average Bonchev–Trinajstić information content (AvgIpc) is 3.24. The Labute approximate surface area is 142 Å². The van der Waals surface area contributed by atoms with Crippen LogP contribution in [0.1, 0.15) is 47.9 Å². The van der Waals surface area contributed by atoms with Crippen molar-refractivity contribution in [3.63, 3.8) is 0 Å². The Balaban J connectivity index is 1.64. The average molecular weight is 331 g/mol. The number of methoxy groups -OCH3 is 1. The van der Waals surface area contributed by atoms with Crippen molar-refractivity contribution in [3.8, 4) is 0 Å². The molecule has 0 radical (unpaired) electrons. The molecule has 3 heterocycles. The number of likely N-dealkylation sites (tertiary alicyclic amines) is 1. The van der Waals surface area contributed by atoms with Gasteiger partial charge in [-0.1, -0.05) is 0 Å². The number of esters is 1. The number of hydrogen-bond acceptors (Lipinski definition) is 5. The second-order valence-electron chi connectivity index (χ2n) is 6.53. The van der Waals surface area contributed by atoms with Gasteiger partial charge >= 0.3 is 5.97 Å². The van der Waals surface area contributed by atoms with E-state index in [9.17, 15) is 4.79 Å². The third kappa shape index (κ3) is 3.53. The molecule has 0 bridgehead atoms. The summed E-state index contributed by atoms with van der Waals surface area (Å²) in [5, 5.41) is 0. The lowest BCUT2D eigenvalue weighted by atomic mass is 9.93. The highest BCUT2D eigenvalue weighted by atomic mass is 16.5. The maximum Gasteiger partial charge on any atom is 0.373 e. The molecule has 24 heavy (non-hydrogen) atoms. The van der Waals surface area contributed by atoms with Crippen molar-refractivity contribution in [3.05, 3.63) is 41.9 Å². The third-order valence-corrected chi connectivity index (χ3v) is 4.92. The van der Waals surface area contributed by atoms with Crippen molar-refractivity contribution >= 4 is 5.97 Å². The van der Waals surface area contributed by atoms with Crippen molar-refractivity contribution in [1.29, 1.82) is 0 Å². The summed E-state index contributed by atoms with van der Waals surface area (Å²) in [6.45, 7) is 4.19. The van der Waals surface area contributed by atoms with Crippen molar-refractivity contribution in [2.24, 2.45) is 13.0 Å². The van der Waals surface area contributed by atoms with Gasteiger partial charge in [-0.05, 0) is 44.4 Å². The Morgan fingerprint density at radius 2 is 2.33 bits per heavy atom. The van der Waals surface area contributed by atoms with Gasteiger partial charge in [0.05, 0.1) is 13.2 Å². The summed E-state index contributed by atoms with van der Waals surface area (Å²) < 4.78 is 12.5. The van der Waals surface area contributed by atoms with E-state index in [1.54, 1.807) is 6.07 Å². The number of piperidine rings is 1. The Morgan fingerprint density at radius 1 is 1.50 bits per heavy atom. The van der Waals surface area contributed by atoms with Gasteiger partial charge in [-0.15, -0.1) is 0 Å². The molecule has 0 saturated carbocycles. The molecule has 1 saturated heterocycles. The van der Waals surface area contributed by atoms with Crippen LogP contribution in [0.15, 0.2) is 28.9 Å². The summed E-state index contributed by atoms with van der Waals surface area (Å²) in [6.07, 6.45) is 7.25. The highest BCUT2D eigenvalue weighted by Crippen LogP contribution is 2.29. The van der Waals surface area contributed by atoms with Crippen LogP contribution in [-0.4, -0.2) is 40.6 Å². The Kier molecular flexibility index (Phi) is 5.04. The van der Waals surface area contributed by atoms with Crippen molar-refractivity contribution < 1.29 is 13.9 Å². The molecule has 0 unspecified atom stereocenters. The van der Waals surface area contributed by atoms with E-state index in [4.69, 9.17) is 9.15 Å². The molecule has 0 aliphatic carbocycles. The summed E-state index contributed by atoms with van der Waals surface area (Å²) >= 11 is 0. The number of imidazole rings is 1. The van der Waals surface area contributed by atoms with E-state index in [0.717, 1.165) is 31.1 Å². The number of carbonyl (C=O) groups excluding carboxylic acids is 1. The van der Waals surface area contributed by atoms with E-state index >= 15 is 0 Å². The lowest BCUT2D eigenvalue weighted by Gasteiger charge is -2.36. The monoisotopic (exact) mass is 331 g/mol. The minimum atomic E-state index is -0.431. The minimum absolute atomic E-state index is 0.146. The van der Waals surface area contributed by atoms with Crippen LogP contribution in [0.2, 0.25) is 0 Å². The molecule has 0 spiro atoms. The zero-order chi connectivity index (χ0) is 17.1. The largest absolute Gasteiger partial charge is 0.463 e. The predicted octanol–water partition coefficient (Wildman–Crippen LogP) is 2.82. The second kappa shape index (κ2) is 7.21. The fourth-order valence-corrected chi connectivity index (χ4v) is 3.43. The Morgan fingerprint density at radius 3 is 3.04 bits per heavy atom. The lowest BCUT2D eigenvalue weighted by molar-refractivity contribution is 0.0555. The summed E-state index contributed by atoms with van der Waals surface area (Å²) in [7, 11) is 3.41. The number of nitrogens with zero attached hydrogens (tertiary/aromatic N) is 3. The minimum Gasteiger partial charge on any atom is -0.463 e. The summed E-state index contributed by atoms with van der Waals surface area (Å²) in [6, 6.07) is 3.71. The van der Waals surface area contributed by atoms with E-state index in [-0.39, 0.29) is 11.8 Å². The normalized spacial score (nSPS) is 20.0. The molecule has 0 aromatic carbocycles. The van der Waals surface area contributed by atoms with Crippen LogP contribution in [0.3, 0.4) is 0 Å². The quantitative estimate of drug-likeness (QED) is 0.789. The maximum absolute atomic E-state index is 11.5. The molecule has 1 aliphatic rings. The van der Waals surface area contributed by atoms with Crippen LogP contribution in [0, 0.1) is 5.92 Å². The molecule has 1 fully saturated rings. The molecular formula is C18H25N3O3. The molecular weight excluding hydrogens is 306 g/mol. The molecule has 130 valence electrons. The number of aromatic nitrogens is 2. The van der Waals surface area contributed by atoms with E-state index in [1.807, 2.05) is 25.5 Å². The molecule has 6 nitrogen and oxygen atoms in total. The number of hydrogen-bond donors (Lipinski definition) is 0. The maximum atomic E-state index is 11.5. The van der Waals surface area contributed by atoms with Gasteiger partial charge in [0.15, 0.2) is 0 Å². The van der Waals surface area contributed by atoms with Gasteiger partial charge in [0.2, 0.25) is 5.76 Å². The van der Waals surface area contributed by atoms with Crippen molar-refractivity contribution in [1.82, 2.24) is 14.5 Å². The van der Waals surface area contributed by atoms with Gasteiger partial charge in [0.1, 0.15) is 11.6 Å². The van der Waals surface area contributed by atoms with Crippen LogP contribution in [0.4, 0.5) is 0 Å². The number of furan rings is 1. The van der Waals surface area contributed by atoms with Gasteiger partial charge in [0.25, 0.3) is 0 Å². The first-order chi connectivity index (χ1) is 11.6. The molecule has 2 atom stereocenters. The van der Waals surface area contributed by atoms with Crippen LogP contribution in [0.25, 0.3) is 0 Å². The SMILES string of the molecule is COC(=O)c1ccc([C@H](C)N2CCC[C@H](Cc3nccn3C)C2)o1. The van der Waals surface area contributed by atoms with Crippen molar-refractivity contribution in [2.75, 3.05) is 20.2 Å². The first-order valence-electron chi connectivity index (χ1n) is 8.46. The molecule has 0 amide bonds. The molecule has 0 N–H and O–H groups in total. The van der Waals surface area contributed by atoms with Crippen LogP contribution in [0.5, 0.6) is 0 Å². The van der Waals surface area contributed by atoms with Crippen LogP contribution >= 0.6 is 0 Å². The van der Waals surface area contributed by atoms with Crippen LogP contribution < -0.4 is 0 Å². The third-order valence-electron chi connectivity index (χ3n) is 4.92. The summed E-state index contributed by atoms with van der Waals surface area (Å²) in [4.78, 5) is 18.4. The Hall–Kier alpha value is -2.08. The smallest absolute Gasteiger partial charge is 0.373 e. The zero-order valence-electron chi connectivity index (χ0n) is 14.6. The molecule has 2 aromatic heterocycles. The number of aryl methyl sites for hydroxylation is 1. The summed E-state index contributed by atoms with van der Waals surface area (Å²) in [5.41, 5.74) is 0. The van der Waals surface area contributed by atoms with Gasteiger partial charge in [-0.2, -0.15) is 0 Å². The van der Waals surface area contributed by atoms with E-state index in [1.165, 1.54) is 20.0 Å². The first kappa shape index (κ1) is 16.8.